The minimum Gasteiger partial charge on any atom is -0.367 e. The van der Waals surface area contributed by atoms with Gasteiger partial charge in [0.25, 0.3) is 0 Å². The van der Waals surface area contributed by atoms with E-state index < -0.39 is 0 Å². The van der Waals surface area contributed by atoms with Gasteiger partial charge in [-0.15, -0.1) is 0 Å². The van der Waals surface area contributed by atoms with Gasteiger partial charge in [0, 0.05) is 12.5 Å². The van der Waals surface area contributed by atoms with Gasteiger partial charge in [-0.25, -0.2) is 0 Å². The Morgan fingerprint density at radius 1 is 1.25 bits per heavy atom. The molecule has 1 N–H and O–H groups in total. The van der Waals surface area contributed by atoms with Gasteiger partial charge in [-0.3, -0.25) is 0 Å². The van der Waals surface area contributed by atoms with Crippen LogP contribution in [0.3, 0.4) is 0 Å². The third kappa shape index (κ3) is 2.74. The van der Waals surface area contributed by atoms with Crippen LogP contribution in [0.25, 0.3) is 0 Å². The van der Waals surface area contributed by atoms with Crippen LogP contribution in [0.5, 0.6) is 0 Å². The fourth-order valence-electron chi connectivity index (χ4n) is 3.49. The molecule has 0 atom stereocenters. The lowest BCUT2D eigenvalue weighted by atomic mass is 9.84. The van der Waals surface area contributed by atoms with E-state index in [1.165, 1.54) is 19.3 Å². The van der Waals surface area contributed by atoms with Crippen LogP contribution in [0, 0.1) is 0 Å². The molecule has 20 heavy (non-hydrogen) atoms. The van der Waals surface area contributed by atoms with Crippen LogP contribution in [0.15, 0.2) is 4.52 Å². The number of hydrogen-bond donors (Lipinski definition) is 1. The van der Waals surface area contributed by atoms with E-state index in [2.05, 4.69) is 10.5 Å². The summed E-state index contributed by atoms with van der Waals surface area (Å²) in [6.07, 6.45) is 7.88. The van der Waals surface area contributed by atoms with E-state index in [-0.39, 0.29) is 5.60 Å². The molecule has 112 valence electrons. The average Bonchev–Trinajstić information content (AvgIpc) is 3.00. The molecule has 1 saturated heterocycles. The van der Waals surface area contributed by atoms with Gasteiger partial charge < -0.3 is 14.6 Å². The van der Waals surface area contributed by atoms with Crippen LogP contribution in [-0.4, -0.2) is 29.8 Å². The number of ether oxygens (including phenoxy) is 1. The standard InChI is InChI=1S/C15H25N3O2/c1-2-19-15(8-4-3-5-9-15)14-17-13(20-18-14)12-6-10-16-11-7-12/h12,16H,2-11H2,1H3. The summed E-state index contributed by atoms with van der Waals surface area (Å²) in [7, 11) is 0. The number of piperidine rings is 1. The van der Waals surface area contributed by atoms with Gasteiger partial charge in [-0.2, -0.15) is 4.98 Å². The lowest BCUT2D eigenvalue weighted by molar-refractivity contribution is -0.0777. The Balaban J connectivity index is 1.79. The van der Waals surface area contributed by atoms with Crippen molar-refractivity contribution in [3.05, 3.63) is 11.7 Å². The SMILES string of the molecule is CCOC1(c2noc(C3CCNCC3)n2)CCCCC1. The molecule has 2 aliphatic rings. The second-order valence-corrected chi connectivity index (χ2v) is 5.97. The maximum atomic E-state index is 6.06. The smallest absolute Gasteiger partial charge is 0.229 e. The Morgan fingerprint density at radius 2 is 2.00 bits per heavy atom. The minimum absolute atomic E-state index is 0.290. The predicted octanol–water partition coefficient (Wildman–Crippen LogP) is 2.73. The molecule has 1 aromatic heterocycles. The van der Waals surface area contributed by atoms with Crippen molar-refractivity contribution in [3.8, 4) is 0 Å². The maximum Gasteiger partial charge on any atom is 0.229 e. The number of aromatic nitrogens is 2. The zero-order chi connectivity index (χ0) is 13.8. The summed E-state index contributed by atoms with van der Waals surface area (Å²) in [6.45, 7) is 4.83. The van der Waals surface area contributed by atoms with Crippen LogP contribution < -0.4 is 5.32 Å². The molecule has 5 nitrogen and oxygen atoms in total. The van der Waals surface area contributed by atoms with Gasteiger partial charge in [0.2, 0.25) is 11.7 Å². The van der Waals surface area contributed by atoms with Gasteiger partial charge in [-0.1, -0.05) is 24.4 Å². The van der Waals surface area contributed by atoms with Gasteiger partial charge in [-0.05, 0) is 45.7 Å². The van der Waals surface area contributed by atoms with Crippen molar-refractivity contribution in [2.24, 2.45) is 0 Å². The first-order chi connectivity index (χ1) is 9.84. The predicted molar refractivity (Wildman–Crippen MR) is 75.5 cm³/mol. The van der Waals surface area contributed by atoms with E-state index in [9.17, 15) is 0 Å². The van der Waals surface area contributed by atoms with Crippen molar-refractivity contribution in [2.75, 3.05) is 19.7 Å². The largest absolute Gasteiger partial charge is 0.367 e. The molecular weight excluding hydrogens is 254 g/mol. The van der Waals surface area contributed by atoms with Crippen molar-refractivity contribution in [2.45, 2.75) is 63.4 Å². The molecule has 0 radical (unpaired) electrons. The first kappa shape index (κ1) is 14.0. The summed E-state index contributed by atoms with van der Waals surface area (Å²) < 4.78 is 11.6. The molecule has 1 aliphatic heterocycles. The molecule has 2 fully saturated rings. The minimum atomic E-state index is -0.290. The van der Waals surface area contributed by atoms with Gasteiger partial charge in [0.15, 0.2) is 0 Å². The summed E-state index contributed by atoms with van der Waals surface area (Å²) in [5.74, 6) is 2.01. The molecule has 3 rings (SSSR count). The fraction of sp³-hybridized carbons (Fsp3) is 0.867. The quantitative estimate of drug-likeness (QED) is 0.918. The summed E-state index contributed by atoms with van der Waals surface area (Å²) in [4.78, 5) is 4.72. The first-order valence-electron chi connectivity index (χ1n) is 8.03. The normalized spacial score (nSPS) is 23.9. The fourth-order valence-corrected chi connectivity index (χ4v) is 3.49. The third-order valence-electron chi connectivity index (χ3n) is 4.62. The molecular formula is C15H25N3O2. The molecule has 0 spiro atoms. The van der Waals surface area contributed by atoms with Gasteiger partial charge in [0.1, 0.15) is 5.60 Å². The number of hydrogen-bond acceptors (Lipinski definition) is 5. The third-order valence-corrected chi connectivity index (χ3v) is 4.62. The van der Waals surface area contributed by atoms with E-state index in [0.29, 0.717) is 12.5 Å². The van der Waals surface area contributed by atoms with Crippen LogP contribution in [-0.2, 0) is 10.3 Å². The van der Waals surface area contributed by atoms with Crippen molar-refractivity contribution in [3.63, 3.8) is 0 Å². The molecule has 0 aromatic carbocycles. The summed E-state index contributed by atoms with van der Waals surface area (Å²) in [5, 5.41) is 7.64. The maximum absolute atomic E-state index is 6.06. The molecule has 1 aliphatic carbocycles. The molecule has 1 aromatic rings. The van der Waals surface area contributed by atoms with Crippen LogP contribution in [0.2, 0.25) is 0 Å². The molecule has 2 heterocycles. The Bertz CT molecular complexity index is 415. The number of rotatable bonds is 4. The van der Waals surface area contributed by atoms with Crippen molar-refractivity contribution in [1.82, 2.24) is 15.5 Å². The molecule has 0 unspecified atom stereocenters. The highest BCUT2D eigenvalue weighted by Gasteiger charge is 2.39. The summed E-state index contributed by atoms with van der Waals surface area (Å²) in [6, 6.07) is 0. The highest BCUT2D eigenvalue weighted by atomic mass is 16.5. The second-order valence-electron chi connectivity index (χ2n) is 5.97. The molecule has 0 bridgehead atoms. The van der Waals surface area contributed by atoms with Crippen LogP contribution in [0.1, 0.15) is 69.5 Å². The second kappa shape index (κ2) is 6.22. The Hall–Kier alpha value is -0.940. The summed E-state index contributed by atoms with van der Waals surface area (Å²) >= 11 is 0. The first-order valence-corrected chi connectivity index (χ1v) is 8.03. The van der Waals surface area contributed by atoms with E-state index in [0.717, 1.165) is 50.5 Å². The number of nitrogens with one attached hydrogen (secondary N) is 1. The summed E-state index contributed by atoms with van der Waals surface area (Å²) in [5.41, 5.74) is -0.290. The highest BCUT2D eigenvalue weighted by Crippen LogP contribution is 2.39. The number of nitrogens with zero attached hydrogens (tertiary/aromatic N) is 2. The van der Waals surface area contributed by atoms with Crippen LogP contribution >= 0.6 is 0 Å². The van der Waals surface area contributed by atoms with E-state index in [1.807, 2.05) is 6.92 Å². The van der Waals surface area contributed by atoms with Gasteiger partial charge in [0.05, 0.1) is 0 Å². The lowest BCUT2D eigenvalue weighted by Crippen LogP contribution is -2.33. The van der Waals surface area contributed by atoms with E-state index >= 15 is 0 Å². The van der Waals surface area contributed by atoms with Crippen molar-refractivity contribution >= 4 is 0 Å². The van der Waals surface area contributed by atoms with Crippen molar-refractivity contribution in [1.29, 1.82) is 0 Å². The lowest BCUT2D eigenvalue weighted by Gasteiger charge is -2.34. The molecule has 1 saturated carbocycles. The monoisotopic (exact) mass is 279 g/mol. The van der Waals surface area contributed by atoms with E-state index in [1.54, 1.807) is 0 Å². The highest BCUT2D eigenvalue weighted by molar-refractivity contribution is 5.06. The molecule has 0 amide bonds. The van der Waals surface area contributed by atoms with Gasteiger partial charge >= 0.3 is 0 Å². The van der Waals surface area contributed by atoms with E-state index in [4.69, 9.17) is 14.2 Å². The Morgan fingerprint density at radius 3 is 2.70 bits per heavy atom. The topological polar surface area (TPSA) is 60.2 Å². The molecule has 5 heteroatoms. The Labute approximate surface area is 120 Å². The van der Waals surface area contributed by atoms with Crippen LogP contribution in [0.4, 0.5) is 0 Å². The zero-order valence-electron chi connectivity index (χ0n) is 12.4. The Kier molecular flexibility index (Phi) is 4.36. The van der Waals surface area contributed by atoms with Crippen molar-refractivity contribution < 1.29 is 9.26 Å². The average molecular weight is 279 g/mol. The zero-order valence-corrected chi connectivity index (χ0v) is 12.4.